The number of nitrogens with one attached hydrogen (secondary N) is 1. The molecule has 0 aromatic carbocycles. The summed E-state index contributed by atoms with van der Waals surface area (Å²) in [4.78, 5) is 4.85. The van der Waals surface area contributed by atoms with Gasteiger partial charge in [-0.05, 0) is 5.92 Å². The molecule has 0 heterocycles. The lowest BCUT2D eigenvalue weighted by molar-refractivity contribution is 0.0213. The maximum atomic E-state index is 11.4. The summed E-state index contributed by atoms with van der Waals surface area (Å²) in [6.45, 7) is 4.62. The summed E-state index contributed by atoms with van der Waals surface area (Å²) in [5.74, 6) is 0.497. The molecule has 0 aliphatic heterocycles. The highest BCUT2D eigenvalue weighted by atomic mass is 19.1. The number of hydroxylamine groups is 1. The van der Waals surface area contributed by atoms with Gasteiger partial charge in [-0.25, -0.2) is 4.39 Å². The largest absolute Gasteiger partial charge is 0.301 e. The Balaban J connectivity index is 2.75. The Kier molecular flexibility index (Phi) is 5.88. The summed E-state index contributed by atoms with van der Waals surface area (Å²) in [6.07, 6.45) is 0. The molecular weight excluding hydrogens is 121 g/mol. The van der Waals surface area contributed by atoms with E-state index in [4.69, 9.17) is 4.84 Å². The molecule has 1 N–H and O–H groups in total. The minimum absolute atomic E-state index is 0.284. The second-order valence-corrected chi connectivity index (χ2v) is 2.29. The van der Waals surface area contributed by atoms with E-state index < -0.39 is 0 Å². The molecule has 0 aromatic rings. The average Bonchev–Trinajstić information content (AvgIpc) is 1.80. The van der Waals surface area contributed by atoms with Crippen LogP contribution in [0.15, 0.2) is 0 Å². The van der Waals surface area contributed by atoms with Crippen molar-refractivity contribution in [3.8, 4) is 0 Å². The summed E-state index contributed by atoms with van der Waals surface area (Å²) in [5, 5.41) is 0. The van der Waals surface area contributed by atoms with E-state index in [9.17, 15) is 4.39 Å². The van der Waals surface area contributed by atoms with Gasteiger partial charge in [0.25, 0.3) is 0 Å². The first-order valence-electron chi connectivity index (χ1n) is 3.18. The predicted octanol–water partition coefficient (Wildman–Crippen LogP) is 1.13. The number of rotatable bonds is 5. The molecule has 2 nitrogen and oxygen atoms in total. The maximum absolute atomic E-state index is 11.4. The zero-order chi connectivity index (χ0) is 7.11. The molecule has 0 aliphatic carbocycles. The Morgan fingerprint density at radius 1 is 1.56 bits per heavy atom. The Morgan fingerprint density at radius 3 is 2.67 bits per heavy atom. The van der Waals surface area contributed by atoms with E-state index in [1.165, 1.54) is 0 Å². The highest BCUT2D eigenvalue weighted by Crippen LogP contribution is 1.88. The molecule has 0 saturated heterocycles. The molecule has 0 aliphatic rings. The summed E-state index contributed by atoms with van der Waals surface area (Å²) in [6, 6.07) is 0. The molecule has 0 radical (unpaired) electrons. The summed E-state index contributed by atoms with van der Waals surface area (Å²) < 4.78 is 11.4. The van der Waals surface area contributed by atoms with Crippen LogP contribution in [-0.4, -0.2) is 19.8 Å². The Labute approximate surface area is 55.3 Å². The molecule has 56 valence electrons. The average molecular weight is 135 g/mol. The second-order valence-electron chi connectivity index (χ2n) is 2.29. The quantitative estimate of drug-likeness (QED) is 0.450. The number of hydrogen-bond acceptors (Lipinski definition) is 2. The van der Waals surface area contributed by atoms with Gasteiger partial charge in [0.1, 0.15) is 6.67 Å². The molecule has 0 saturated carbocycles. The lowest BCUT2D eigenvalue weighted by atomic mass is 10.2. The lowest BCUT2D eigenvalue weighted by Gasteiger charge is -2.04. The first-order chi connectivity index (χ1) is 4.27. The van der Waals surface area contributed by atoms with Gasteiger partial charge in [0, 0.05) is 6.54 Å². The third-order valence-corrected chi connectivity index (χ3v) is 0.715. The highest BCUT2D eigenvalue weighted by molar-refractivity contribution is 4.37. The third-order valence-electron chi connectivity index (χ3n) is 0.715. The zero-order valence-corrected chi connectivity index (χ0v) is 5.98. The topological polar surface area (TPSA) is 21.3 Å². The van der Waals surface area contributed by atoms with Crippen molar-refractivity contribution < 1.29 is 9.23 Å². The molecule has 0 atom stereocenters. The normalized spacial score (nSPS) is 10.7. The second kappa shape index (κ2) is 5.98. The Hall–Kier alpha value is -0.150. The lowest BCUT2D eigenvalue weighted by Crippen LogP contribution is -2.19. The number of halogens is 1. The molecule has 0 bridgehead atoms. The van der Waals surface area contributed by atoms with E-state index in [0.717, 1.165) is 0 Å². The van der Waals surface area contributed by atoms with Gasteiger partial charge in [-0.2, -0.15) is 5.48 Å². The van der Waals surface area contributed by atoms with E-state index in [0.29, 0.717) is 12.5 Å². The summed E-state index contributed by atoms with van der Waals surface area (Å²) >= 11 is 0. The van der Waals surface area contributed by atoms with Gasteiger partial charge in [-0.3, -0.25) is 0 Å². The van der Waals surface area contributed by atoms with Crippen LogP contribution in [0.25, 0.3) is 0 Å². The van der Waals surface area contributed by atoms with Crippen molar-refractivity contribution in [1.29, 1.82) is 0 Å². The van der Waals surface area contributed by atoms with Crippen LogP contribution in [0.4, 0.5) is 4.39 Å². The van der Waals surface area contributed by atoms with Gasteiger partial charge < -0.3 is 4.84 Å². The maximum Gasteiger partial charge on any atom is 0.104 e. The van der Waals surface area contributed by atoms with Crippen molar-refractivity contribution in [2.24, 2.45) is 5.92 Å². The first-order valence-corrected chi connectivity index (χ1v) is 3.18. The standard InChI is InChI=1S/C6H14FNO/c1-6(2)5-9-8-4-3-7/h6,8H,3-5H2,1-2H3. The van der Waals surface area contributed by atoms with Crippen molar-refractivity contribution in [3.05, 3.63) is 0 Å². The van der Waals surface area contributed by atoms with E-state index >= 15 is 0 Å². The Bertz CT molecular complexity index is 59.0. The van der Waals surface area contributed by atoms with Crippen LogP contribution >= 0.6 is 0 Å². The van der Waals surface area contributed by atoms with Crippen LogP contribution in [-0.2, 0) is 4.84 Å². The zero-order valence-electron chi connectivity index (χ0n) is 5.98. The fraction of sp³-hybridized carbons (Fsp3) is 1.00. The molecule has 0 spiro atoms. The van der Waals surface area contributed by atoms with Crippen LogP contribution in [0, 0.1) is 5.92 Å². The Morgan fingerprint density at radius 2 is 2.22 bits per heavy atom. The predicted molar refractivity (Wildman–Crippen MR) is 34.8 cm³/mol. The van der Waals surface area contributed by atoms with Gasteiger partial charge in [-0.15, -0.1) is 0 Å². The molecule has 9 heavy (non-hydrogen) atoms. The molecule has 0 amide bonds. The van der Waals surface area contributed by atoms with Gasteiger partial charge in [0.15, 0.2) is 0 Å². The van der Waals surface area contributed by atoms with E-state index in [1.54, 1.807) is 0 Å². The van der Waals surface area contributed by atoms with E-state index in [-0.39, 0.29) is 13.2 Å². The smallest absolute Gasteiger partial charge is 0.104 e. The van der Waals surface area contributed by atoms with E-state index in [1.807, 2.05) is 13.8 Å². The number of hydrogen-bond donors (Lipinski definition) is 1. The van der Waals surface area contributed by atoms with E-state index in [2.05, 4.69) is 5.48 Å². The van der Waals surface area contributed by atoms with Crippen LogP contribution in [0.2, 0.25) is 0 Å². The van der Waals surface area contributed by atoms with Crippen LogP contribution < -0.4 is 5.48 Å². The monoisotopic (exact) mass is 135 g/mol. The van der Waals surface area contributed by atoms with Crippen molar-refractivity contribution in [2.75, 3.05) is 19.8 Å². The number of alkyl halides is 1. The fourth-order valence-electron chi connectivity index (χ4n) is 0.336. The molecule has 0 aromatic heterocycles. The van der Waals surface area contributed by atoms with Crippen molar-refractivity contribution in [2.45, 2.75) is 13.8 Å². The van der Waals surface area contributed by atoms with Gasteiger partial charge in [0.05, 0.1) is 6.61 Å². The van der Waals surface area contributed by atoms with Crippen molar-refractivity contribution >= 4 is 0 Å². The first kappa shape index (κ1) is 8.85. The van der Waals surface area contributed by atoms with Crippen LogP contribution in [0.5, 0.6) is 0 Å². The van der Waals surface area contributed by atoms with Gasteiger partial charge in [0.2, 0.25) is 0 Å². The fourth-order valence-corrected chi connectivity index (χ4v) is 0.336. The van der Waals surface area contributed by atoms with Crippen LogP contribution in [0.1, 0.15) is 13.8 Å². The minimum Gasteiger partial charge on any atom is -0.301 e. The molecule has 0 rings (SSSR count). The SMILES string of the molecule is CC(C)CONCCF. The van der Waals surface area contributed by atoms with Gasteiger partial charge >= 0.3 is 0 Å². The van der Waals surface area contributed by atoms with Gasteiger partial charge in [-0.1, -0.05) is 13.8 Å². The third kappa shape index (κ3) is 7.85. The molecule has 0 fully saturated rings. The van der Waals surface area contributed by atoms with Crippen LogP contribution in [0.3, 0.4) is 0 Å². The molecule has 3 heteroatoms. The minimum atomic E-state index is -0.377. The molecule has 0 unspecified atom stereocenters. The van der Waals surface area contributed by atoms with Crippen molar-refractivity contribution in [3.63, 3.8) is 0 Å². The summed E-state index contributed by atoms with van der Waals surface area (Å²) in [7, 11) is 0. The highest BCUT2D eigenvalue weighted by Gasteiger charge is 1.91. The molecular formula is C6H14FNO. The summed E-state index contributed by atoms with van der Waals surface area (Å²) in [5.41, 5.74) is 2.49. The van der Waals surface area contributed by atoms with Crippen molar-refractivity contribution in [1.82, 2.24) is 5.48 Å².